The third-order valence-corrected chi connectivity index (χ3v) is 3.65. The molecule has 2 aromatic carbocycles. The largest absolute Gasteiger partial charge is 0.326 e. The van der Waals surface area contributed by atoms with Gasteiger partial charge in [-0.3, -0.25) is 9.59 Å². The molecule has 0 saturated heterocycles. The first-order chi connectivity index (χ1) is 11.1. The van der Waals surface area contributed by atoms with Crippen molar-refractivity contribution in [2.45, 2.75) is 33.1 Å². The van der Waals surface area contributed by atoms with E-state index in [2.05, 4.69) is 10.6 Å². The van der Waals surface area contributed by atoms with E-state index in [4.69, 9.17) is 0 Å². The Balaban J connectivity index is 1.74. The zero-order valence-corrected chi connectivity index (χ0v) is 13.6. The van der Waals surface area contributed by atoms with E-state index in [1.165, 1.54) is 0 Å². The summed E-state index contributed by atoms with van der Waals surface area (Å²) < 4.78 is 0. The summed E-state index contributed by atoms with van der Waals surface area (Å²) in [4.78, 5) is 23.8. The number of carbonyl (C=O) groups is 2. The van der Waals surface area contributed by atoms with Crippen molar-refractivity contribution in [3.8, 4) is 0 Å². The maximum Gasteiger partial charge on any atom is 0.224 e. The summed E-state index contributed by atoms with van der Waals surface area (Å²) >= 11 is 0. The number of aryl methyl sites for hydroxylation is 2. The van der Waals surface area contributed by atoms with Gasteiger partial charge in [0.15, 0.2) is 0 Å². The van der Waals surface area contributed by atoms with Gasteiger partial charge >= 0.3 is 0 Å². The van der Waals surface area contributed by atoms with E-state index in [0.29, 0.717) is 19.3 Å². The molecule has 2 aromatic rings. The van der Waals surface area contributed by atoms with Crippen LogP contribution in [0.1, 0.15) is 30.4 Å². The van der Waals surface area contributed by atoms with Gasteiger partial charge in [-0.05, 0) is 43.5 Å². The molecule has 2 rings (SSSR count). The zero-order chi connectivity index (χ0) is 16.7. The summed E-state index contributed by atoms with van der Waals surface area (Å²) in [7, 11) is 0. The molecular weight excluding hydrogens is 288 g/mol. The van der Waals surface area contributed by atoms with Crippen molar-refractivity contribution in [3.05, 3.63) is 59.7 Å². The molecule has 0 heterocycles. The Bertz CT molecular complexity index is 636. The zero-order valence-electron chi connectivity index (χ0n) is 13.6. The van der Waals surface area contributed by atoms with Gasteiger partial charge in [-0.25, -0.2) is 0 Å². The van der Waals surface area contributed by atoms with Crippen LogP contribution < -0.4 is 10.6 Å². The van der Waals surface area contributed by atoms with Gasteiger partial charge in [0.1, 0.15) is 0 Å². The van der Waals surface area contributed by atoms with E-state index < -0.39 is 0 Å². The lowest BCUT2D eigenvalue weighted by Crippen LogP contribution is -2.15. The summed E-state index contributed by atoms with van der Waals surface area (Å²) in [6, 6.07) is 15.3. The standard InChI is InChI=1S/C19H22N2O2/c1-14-8-3-5-10-16(14)20-18(22)12-7-13-19(23)21-17-11-6-4-9-15(17)2/h3-6,8-11H,7,12-13H2,1-2H3,(H,20,22)(H,21,23). The first kappa shape index (κ1) is 16.7. The quantitative estimate of drug-likeness (QED) is 0.845. The van der Waals surface area contributed by atoms with Crippen LogP contribution in [0.2, 0.25) is 0 Å². The number of nitrogens with one attached hydrogen (secondary N) is 2. The van der Waals surface area contributed by atoms with Gasteiger partial charge in [0.2, 0.25) is 11.8 Å². The van der Waals surface area contributed by atoms with Crippen LogP contribution >= 0.6 is 0 Å². The third-order valence-electron chi connectivity index (χ3n) is 3.65. The third kappa shape index (κ3) is 5.25. The lowest BCUT2D eigenvalue weighted by Gasteiger charge is -2.09. The monoisotopic (exact) mass is 310 g/mol. The molecule has 120 valence electrons. The summed E-state index contributed by atoms with van der Waals surface area (Å²) in [6.45, 7) is 3.90. The second-order valence-corrected chi connectivity index (χ2v) is 5.58. The molecule has 0 aliphatic carbocycles. The van der Waals surface area contributed by atoms with Crippen molar-refractivity contribution >= 4 is 23.2 Å². The molecule has 0 aliphatic rings. The normalized spacial score (nSPS) is 10.2. The Morgan fingerprint density at radius 2 is 1.13 bits per heavy atom. The lowest BCUT2D eigenvalue weighted by atomic mass is 10.1. The maximum atomic E-state index is 11.9. The topological polar surface area (TPSA) is 58.2 Å². The van der Waals surface area contributed by atoms with Crippen LogP contribution in [0.4, 0.5) is 11.4 Å². The average Bonchev–Trinajstić information content (AvgIpc) is 2.52. The molecule has 0 bridgehead atoms. The van der Waals surface area contributed by atoms with Crippen LogP contribution in [0.25, 0.3) is 0 Å². The Morgan fingerprint density at radius 1 is 0.739 bits per heavy atom. The molecule has 0 atom stereocenters. The summed E-state index contributed by atoms with van der Waals surface area (Å²) in [6.07, 6.45) is 1.18. The van der Waals surface area contributed by atoms with Crippen molar-refractivity contribution in [1.82, 2.24) is 0 Å². The molecule has 0 fully saturated rings. The fraction of sp³-hybridized carbons (Fsp3) is 0.263. The fourth-order valence-corrected chi connectivity index (χ4v) is 2.26. The lowest BCUT2D eigenvalue weighted by molar-refractivity contribution is -0.117. The number of amides is 2. The first-order valence-corrected chi connectivity index (χ1v) is 7.77. The van der Waals surface area contributed by atoms with Crippen LogP contribution in [0.5, 0.6) is 0 Å². The minimum atomic E-state index is -0.0667. The highest BCUT2D eigenvalue weighted by atomic mass is 16.2. The van der Waals surface area contributed by atoms with Gasteiger partial charge < -0.3 is 10.6 Å². The molecule has 0 spiro atoms. The van der Waals surface area contributed by atoms with Crippen LogP contribution in [-0.2, 0) is 9.59 Å². The number of benzene rings is 2. The van der Waals surface area contributed by atoms with E-state index in [9.17, 15) is 9.59 Å². The predicted octanol–water partition coefficient (Wildman–Crippen LogP) is 4.05. The van der Waals surface area contributed by atoms with Crippen molar-refractivity contribution in [2.75, 3.05) is 10.6 Å². The molecule has 0 unspecified atom stereocenters. The van der Waals surface area contributed by atoms with E-state index in [-0.39, 0.29) is 11.8 Å². The predicted molar refractivity (Wildman–Crippen MR) is 93.5 cm³/mol. The average molecular weight is 310 g/mol. The highest BCUT2D eigenvalue weighted by Crippen LogP contribution is 2.15. The van der Waals surface area contributed by atoms with Crippen LogP contribution in [0.3, 0.4) is 0 Å². The number of para-hydroxylation sites is 2. The number of anilines is 2. The van der Waals surface area contributed by atoms with Crippen molar-refractivity contribution < 1.29 is 9.59 Å². The number of rotatable bonds is 6. The molecule has 4 heteroatoms. The summed E-state index contributed by atoms with van der Waals surface area (Å²) in [5.41, 5.74) is 3.69. The van der Waals surface area contributed by atoms with E-state index in [1.807, 2.05) is 62.4 Å². The van der Waals surface area contributed by atoms with Gasteiger partial charge in [-0.1, -0.05) is 36.4 Å². The molecule has 0 saturated carbocycles. The van der Waals surface area contributed by atoms with Gasteiger partial charge in [-0.2, -0.15) is 0 Å². The fourth-order valence-electron chi connectivity index (χ4n) is 2.26. The van der Waals surface area contributed by atoms with Crippen LogP contribution in [0.15, 0.2) is 48.5 Å². The molecule has 0 aliphatic heterocycles. The van der Waals surface area contributed by atoms with Gasteiger partial charge in [0.25, 0.3) is 0 Å². The van der Waals surface area contributed by atoms with Gasteiger partial charge in [0.05, 0.1) is 0 Å². The number of carbonyl (C=O) groups excluding carboxylic acids is 2. The van der Waals surface area contributed by atoms with Crippen LogP contribution in [-0.4, -0.2) is 11.8 Å². The van der Waals surface area contributed by atoms with Crippen molar-refractivity contribution in [2.24, 2.45) is 0 Å². The highest BCUT2D eigenvalue weighted by molar-refractivity contribution is 5.93. The molecule has 2 N–H and O–H groups in total. The number of hydrogen-bond acceptors (Lipinski definition) is 2. The number of hydrogen-bond donors (Lipinski definition) is 2. The van der Waals surface area contributed by atoms with Crippen molar-refractivity contribution in [1.29, 1.82) is 0 Å². The molecule has 2 amide bonds. The van der Waals surface area contributed by atoms with Gasteiger partial charge in [-0.15, -0.1) is 0 Å². The molecular formula is C19H22N2O2. The molecule has 4 nitrogen and oxygen atoms in total. The SMILES string of the molecule is Cc1ccccc1NC(=O)CCCC(=O)Nc1ccccc1C. The maximum absolute atomic E-state index is 11.9. The second-order valence-electron chi connectivity index (χ2n) is 5.58. The second kappa shape index (κ2) is 8.13. The van der Waals surface area contributed by atoms with Crippen molar-refractivity contribution in [3.63, 3.8) is 0 Å². The minimum Gasteiger partial charge on any atom is -0.326 e. The van der Waals surface area contributed by atoms with Crippen LogP contribution in [0, 0.1) is 13.8 Å². The molecule has 0 aromatic heterocycles. The molecule has 0 radical (unpaired) electrons. The van der Waals surface area contributed by atoms with E-state index >= 15 is 0 Å². The minimum absolute atomic E-state index is 0.0667. The Labute approximate surface area is 136 Å². The Hall–Kier alpha value is -2.62. The Morgan fingerprint density at radius 3 is 1.52 bits per heavy atom. The highest BCUT2D eigenvalue weighted by Gasteiger charge is 2.08. The molecule has 23 heavy (non-hydrogen) atoms. The van der Waals surface area contributed by atoms with E-state index in [0.717, 1.165) is 22.5 Å². The smallest absolute Gasteiger partial charge is 0.224 e. The summed E-state index contributed by atoms with van der Waals surface area (Å²) in [5, 5.41) is 5.74. The van der Waals surface area contributed by atoms with E-state index in [1.54, 1.807) is 0 Å². The summed E-state index contributed by atoms with van der Waals surface area (Å²) in [5.74, 6) is -0.133. The Kier molecular flexibility index (Phi) is 5.92. The van der Waals surface area contributed by atoms with Gasteiger partial charge in [0, 0.05) is 24.2 Å². The first-order valence-electron chi connectivity index (χ1n) is 7.77.